The first-order valence-corrected chi connectivity index (χ1v) is 20.9. The molecule has 14 nitrogen and oxygen atoms in total. The van der Waals surface area contributed by atoms with Crippen LogP contribution in [0.15, 0.2) is 76.8 Å². The Labute approximate surface area is 345 Å². The van der Waals surface area contributed by atoms with E-state index in [0.29, 0.717) is 59.7 Å². The Morgan fingerprint density at radius 2 is 1.76 bits per heavy atom. The third kappa shape index (κ3) is 7.96. The second-order valence-electron chi connectivity index (χ2n) is 16.5. The maximum atomic E-state index is 14.3. The molecule has 59 heavy (non-hydrogen) atoms. The van der Waals surface area contributed by atoms with Gasteiger partial charge < -0.3 is 34.8 Å². The van der Waals surface area contributed by atoms with Crippen molar-refractivity contribution in [2.24, 2.45) is 5.92 Å². The Bertz CT molecular complexity index is 2500. The van der Waals surface area contributed by atoms with Crippen LogP contribution in [-0.4, -0.2) is 94.8 Å². The largest absolute Gasteiger partial charge is 0.507 e. The number of amides is 3. The number of aliphatic hydroxyl groups excluding tert-OH is 1. The number of aliphatic hydroxyl groups is 1. The number of nitrogens with zero attached hydrogens (tertiary/aromatic N) is 6. The van der Waals surface area contributed by atoms with E-state index in [1.54, 1.807) is 46.6 Å². The van der Waals surface area contributed by atoms with Crippen molar-refractivity contribution in [2.75, 3.05) is 19.6 Å². The average molecular weight is 817 g/mol. The zero-order chi connectivity index (χ0) is 41.6. The minimum Gasteiger partial charge on any atom is -0.507 e. The molecule has 0 aliphatic carbocycles. The highest BCUT2D eigenvalue weighted by molar-refractivity contribution is 7.13. The number of fused-ring (bicyclic) bond motifs is 1. The van der Waals surface area contributed by atoms with Crippen LogP contribution in [0, 0.1) is 12.8 Å². The van der Waals surface area contributed by atoms with Crippen LogP contribution in [0.1, 0.15) is 92.0 Å². The normalized spacial score (nSPS) is 18.2. The molecule has 2 fully saturated rings. The molecule has 0 spiro atoms. The van der Waals surface area contributed by atoms with Crippen molar-refractivity contribution in [1.82, 2.24) is 40.4 Å². The van der Waals surface area contributed by atoms with E-state index in [2.05, 4.69) is 30.6 Å². The second kappa shape index (κ2) is 16.0. The van der Waals surface area contributed by atoms with Gasteiger partial charge in [-0.3, -0.25) is 14.4 Å². The lowest BCUT2D eigenvalue weighted by molar-refractivity contribution is -0.141. The molecule has 0 radical (unpaired) electrons. The van der Waals surface area contributed by atoms with Gasteiger partial charge in [0, 0.05) is 49.0 Å². The number of H-pyrrole nitrogens is 1. The van der Waals surface area contributed by atoms with E-state index in [1.165, 1.54) is 4.90 Å². The van der Waals surface area contributed by atoms with Crippen LogP contribution in [0.4, 0.5) is 0 Å². The van der Waals surface area contributed by atoms with Crippen LogP contribution >= 0.6 is 11.3 Å². The van der Waals surface area contributed by atoms with Crippen LogP contribution < -0.4 is 5.32 Å². The summed E-state index contributed by atoms with van der Waals surface area (Å²) in [6.45, 7) is 10.7. The van der Waals surface area contributed by atoms with Crippen LogP contribution in [0.3, 0.4) is 0 Å². The van der Waals surface area contributed by atoms with Gasteiger partial charge in [0.25, 0.3) is 5.91 Å². The number of hydrogen-bond donors (Lipinski definition) is 4. The smallest absolute Gasteiger partial charge is 0.270 e. The number of aromatic hydroxyl groups is 1. The molecule has 2 aromatic carbocycles. The van der Waals surface area contributed by atoms with Gasteiger partial charge in [-0.15, -0.1) is 21.5 Å². The van der Waals surface area contributed by atoms with Crippen molar-refractivity contribution >= 4 is 40.1 Å². The predicted octanol–water partition coefficient (Wildman–Crippen LogP) is 6.52. The molecule has 4 N–H and O–H groups in total. The predicted molar refractivity (Wildman–Crippen MR) is 223 cm³/mol. The summed E-state index contributed by atoms with van der Waals surface area (Å²) < 4.78 is 5.88. The molecule has 15 heteroatoms. The van der Waals surface area contributed by atoms with Gasteiger partial charge in [0.1, 0.15) is 29.2 Å². The first-order valence-electron chi connectivity index (χ1n) is 20.0. The molecule has 306 valence electrons. The number of likely N-dealkylation sites (tertiary alicyclic amines) is 2. The number of aromatic nitrogens is 5. The van der Waals surface area contributed by atoms with Crippen molar-refractivity contribution < 1.29 is 29.1 Å². The molecule has 2 aliphatic rings. The Balaban J connectivity index is 0.908. The lowest BCUT2D eigenvalue weighted by Crippen LogP contribution is -2.52. The number of hydrogen-bond acceptors (Lipinski definition) is 11. The lowest BCUT2D eigenvalue weighted by atomic mass is 9.89. The summed E-state index contributed by atoms with van der Waals surface area (Å²) in [5.41, 5.74) is 6.68. The molecule has 6 aromatic rings. The third-order valence-electron chi connectivity index (χ3n) is 11.7. The average Bonchev–Trinajstić information content (AvgIpc) is 4.04. The van der Waals surface area contributed by atoms with Gasteiger partial charge in [0.2, 0.25) is 11.8 Å². The van der Waals surface area contributed by atoms with Gasteiger partial charge >= 0.3 is 0 Å². The van der Waals surface area contributed by atoms with Crippen LogP contribution in [0.25, 0.3) is 32.7 Å². The quantitative estimate of drug-likeness (QED) is 0.118. The second-order valence-corrected chi connectivity index (χ2v) is 17.4. The molecule has 3 atom stereocenters. The van der Waals surface area contributed by atoms with E-state index in [4.69, 9.17) is 4.52 Å². The van der Waals surface area contributed by atoms with E-state index in [9.17, 15) is 24.6 Å². The first kappa shape index (κ1) is 39.9. The summed E-state index contributed by atoms with van der Waals surface area (Å²) in [6.07, 6.45) is 0.592. The number of benzene rings is 2. The highest BCUT2D eigenvalue weighted by atomic mass is 32.1. The summed E-state index contributed by atoms with van der Waals surface area (Å²) in [7, 11) is 0. The molecule has 2 aliphatic heterocycles. The molecule has 3 amide bonds. The molecular weight excluding hydrogens is 769 g/mol. The minimum absolute atomic E-state index is 0.0172. The van der Waals surface area contributed by atoms with Crippen LogP contribution in [-0.2, 0) is 15.1 Å². The van der Waals surface area contributed by atoms with Gasteiger partial charge in [-0.25, -0.2) is 4.98 Å². The summed E-state index contributed by atoms with van der Waals surface area (Å²) in [4.78, 5) is 53.7. The number of carbonyl (C=O) groups is 3. The number of rotatable bonds is 10. The number of β-amino-alcohol motifs (C(OH)–C–C–N with tert-alkyl or cyclic N) is 1. The molecule has 8 rings (SSSR count). The lowest BCUT2D eigenvalue weighted by Gasteiger charge is -2.33. The summed E-state index contributed by atoms with van der Waals surface area (Å²) in [6, 6.07) is 19.5. The summed E-state index contributed by atoms with van der Waals surface area (Å²) >= 11 is 1.58. The maximum absolute atomic E-state index is 14.3. The monoisotopic (exact) mass is 816 g/mol. The zero-order valence-electron chi connectivity index (χ0n) is 33.7. The molecular formula is C44H48N8O6S. The molecule has 0 bridgehead atoms. The van der Waals surface area contributed by atoms with Gasteiger partial charge in [-0.05, 0) is 74.9 Å². The Kier molecular flexibility index (Phi) is 10.8. The summed E-state index contributed by atoms with van der Waals surface area (Å²) in [5, 5.41) is 37.8. The Morgan fingerprint density at radius 3 is 2.46 bits per heavy atom. The zero-order valence-corrected chi connectivity index (χ0v) is 34.5. The molecule has 4 aromatic heterocycles. The minimum atomic E-state index is -0.856. The van der Waals surface area contributed by atoms with Crippen molar-refractivity contribution in [3.63, 3.8) is 0 Å². The van der Waals surface area contributed by atoms with Gasteiger partial charge in [-0.2, -0.15) is 0 Å². The standard InChI is InChI=1S/C44H48N8O6S/c1-24(2)38(43(57)52-22-30(53)20-35(52)41(55)47-44(4,5)29-12-10-27(11-13-29)39-25(3)45-23-59-39)37-21-32(50-58-37)26-14-16-51(17-15-26)42(56)34-19-28-18-33(48-49-40(28)46-34)31-8-6-7-9-36(31)54/h6-13,18-19,21,23-24,26,30,35,38,53-54H,14-17,20,22H2,1-5H3,(H,46,49)(H,47,55)/t30-,35+,38+/m1/s1. The summed E-state index contributed by atoms with van der Waals surface area (Å²) in [5.74, 6) is -1.14. The third-order valence-corrected chi connectivity index (χ3v) is 12.7. The fourth-order valence-corrected chi connectivity index (χ4v) is 9.17. The topological polar surface area (TPSA) is 191 Å². The number of phenolic OH excluding ortho intramolecular Hbond substituents is 1. The fraction of sp³-hybridized carbons (Fsp3) is 0.386. The Hall–Kier alpha value is -5.93. The van der Waals surface area contributed by atoms with E-state index in [0.717, 1.165) is 27.4 Å². The SMILES string of the molecule is Cc1ncsc1-c1ccc(C(C)(C)NC(=O)[C@@H]2C[C@@H](O)CN2C(=O)[C@H](c2cc(C3CCN(C(=O)c4cc5cc(-c6ccccc6O)nnc5[nH]4)CC3)no2)C(C)C)cc1. The highest BCUT2D eigenvalue weighted by Crippen LogP contribution is 2.36. The molecule has 0 unspecified atom stereocenters. The molecule has 6 heterocycles. The van der Waals surface area contributed by atoms with Crippen LogP contribution in [0.2, 0.25) is 0 Å². The number of thiazole rings is 1. The van der Waals surface area contributed by atoms with Crippen LogP contribution in [0.5, 0.6) is 5.75 Å². The van der Waals surface area contributed by atoms with Crippen molar-refractivity contribution in [3.05, 3.63) is 101 Å². The van der Waals surface area contributed by atoms with Crippen molar-refractivity contribution in [1.29, 1.82) is 0 Å². The van der Waals surface area contributed by atoms with E-state index in [-0.39, 0.29) is 48.3 Å². The fourth-order valence-electron chi connectivity index (χ4n) is 8.36. The Morgan fingerprint density at radius 1 is 1.02 bits per heavy atom. The number of nitrogens with one attached hydrogen (secondary N) is 2. The maximum Gasteiger partial charge on any atom is 0.270 e. The van der Waals surface area contributed by atoms with Gasteiger partial charge in [0.15, 0.2) is 5.65 Å². The molecule has 0 saturated carbocycles. The number of carbonyl (C=O) groups excluding carboxylic acids is 3. The van der Waals surface area contributed by atoms with E-state index in [1.807, 2.05) is 76.5 Å². The number of aromatic amines is 1. The van der Waals surface area contributed by atoms with Gasteiger partial charge in [0.05, 0.1) is 39.1 Å². The van der Waals surface area contributed by atoms with Gasteiger partial charge in [-0.1, -0.05) is 55.4 Å². The number of para-hydroxylation sites is 1. The first-order chi connectivity index (χ1) is 28.3. The van der Waals surface area contributed by atoms with Crippen molar-refractivity contribution in [2.45, 2.75) is 83.4 Å². The molecule has 2 saturated heterocycles. The number of piperidine rings is 1. The number of phenols is 1. The number of aryl methyl sites for hydroxylation is 1. The van der Waals surface area contributed by atoms with E-state index < -0.39 is 23.6 Å². The highest BCUT2D eigenvalue weighted by Gasteiger charge is 2.44. The van der Waals surface area contributed by atoms with Crippen molar-refractivity contribution in [3.8, 4) is 27.4 Å². The van der Waals surface area contributed by atoms with E-state index >= 15 is 0 Å².